The highest BCUT2D eigenvalue weighted by Gasteiger charge is 2.22. The van der Waals surface area contributed by atoms with Crippen molar-refractivity contribution in [2.24, 2.45) is 12.8 Å². The van der Waals surface area contributed by atoms with Gasteiger partial charge in [0.25, 0.3) is 0 Å². The van der Waals surface area contributed by atoms with E-state index in [0.29, 0.717) is 6.54 Å². The Morgan fingerprint density at radius 3 is 2.74 bits per heavy atom. The molecular weight excluding hydrogens is 236 g/mol. The Bertz CT molecular complexity index is 600. The number of benzene rings is 1. The molecule has 4 heteroatoms. The van der Waals surface area contributed by atoms with Gasteiger partial charge in [-0.2, -0.15) is 5.10 Å². The van der Waals surface area contributed by atoms with Gasteiger partial charge in [0.15, 0.2) is 0 Å². The quantitative estimate of drug-likeness (QED) is 0.890. The van der Waals surface area contributed by atoms with Crippen LogP contribution in [0.25, 0.3) is 0 Å². The molecule has 0 saturated carbocycles. The number of hydrogen-bond donors (Lipinski definition) is 1. The molecule has 1 aliphatic heterocycles. The minimum atomic E-state index is 0.549. The molecule has 0 saturated heterocycles. The number of nitrogens with zero attached hydrogens (tertiary/aromatic N) is 3. The molecule has 2 aromatic rings. The molecule has 100 valence electrons. The van der Waals surface area contributed by atoms with Crippen molar-refractivity contribution in [3.05, 3.63) is 46.6 Å². The standard InChI is InChI=1S/C15H20N4/c1-11-14(9-16)15(18(2)17-11)19-8-7-12-5-3-4-6-13(12)10-19/h3-6H,7-10,16H2,1-2H3. The van der Waals surface area contributed by atoms with E-state index in [0.717, 1.165) is 25.2 Å². The minimum absolute atomic E-state index is 0.549. The molecule has 0 atom stereocenters. The van der Waals surface area contributed by atoms with Gasteiger partial charge in [0.1, 0.15) is 5.82 Å². The molecule has 0 aliphatic carbocycles. The Hall–Kier alpha value is -1.81. The summed E-state index contributed by atoms with van der Waals surface area (Å²) in [7, 11) is 2.00. The van der Waals surface area contributed by atoms with Gasteiger partial charge in [-0.25, -0.2) is 0 Å². The van der Waals surface area contributed by atoms with Crippen molar-refractivity contribution < 1.29 is 0 Å². The summed E-state index contributed by atoms with van der Waals surface area (Å²) in [6, 6.07) is 8.67. The van der Waals surface area contributed by atoms with Crippen LogP contribution in [0, 0.1) is 6.92 Å². The lowest BCUT2D eigenvalue weighted by Crippen LogP contribution is -2.32. The summed E-state index contributed by atoms with van der Waals surface area (Å²) >= 11 is 0. The van der Waals surface area contributed by atoms with Crippen molar-refractivity contribution in [1.29, 1.82) is 0 Å². The maximum atomic E-state index is 5.89. The van der Waals surface area contributed by atoms with Crippen molar-refractivity contribution in [1.82, 2.24) is 9.78 Å². The summed E-state index contributed by atoms with van der Waals surface area (Å²) in [5.41, 5.74) is 11.0. The average Bonchev–Trinajstić information content (AvgIpc) is 2.72. The SMILES string of the molecule is Cc1nn(C)c(N2CCc3ccccc3C2)c1CN. The summed E-state index contributed by atoms with van der Waals surface area (Å²) in [5, 5.41) is 4.51. The van der Waals surface area contributed by atoms with Gasteiger partial charge in [-0.3, -0.25) is 4.68 Å². The molecule has 19 heavy (non-hydrogen) atoms. The number of aryl methyl sites for hydroxylation is 2. The van der Waals surface area contributed by atoms with E-state index in [9.17, 15) is 0 Å². The van der Waals surface area contributed by atoms with Crippen LogP contribution in [0.4, 0.5) is 5.82 Å². The summed E-state index contributed by atoms with van der Waals surface area (Å²) in [6.45, 7) is 4.56. The van der Waals surface area contributed by atoms with Crippen LogP contribution in [0.1, 0.15) is 22.4 Å². The Kier molecular flexibility index (Phi) is 3.03. The lowest BCUT2D eigenvalue weighted by atomic mass is 9.99. The van der Waals surface area contributed by atoms with Crippen LogP contribution in [-0.4, -0.2) is 16.3 Å². The van der Waals surface area contributed by atoms with Gasteiger partial charge in [-0.15, -0.1) is 0 Å². The molecule has 0 unspecified atom stereocenters. The molecule has 2 heterocycles. The second-order valence-corrected chi connectivity index (χ2v) is 5.16. The lowest BCUT2D eigenvalue weighted by Gasteiger charge is -2.31. The maximum Gasteiger partial charge on any atom is 0.131 e. The topological polar surface area (TPSA) is 47.1 Å². The zero-order chi connectivity index (χ0) is 13.4. The smallest absolute Gasteiger partial charge is 0.131 e. The van der Waals surface area contributed by atoms with Gasteiger partial charge in [0, 0.05) is 32.2 Å². The van der Waals surface area contributed by atoms with Gasteiger partial charge in [0.2, 0.25) is 0 Å². The molecular formula is C15H20N4. The molecule has 0 radical (unpaired) electrons. The predicted octanol–water partition coefficient (Wildman–Crippen LogP) is 1.75. The summed E-state index contributed by atoms with van der Waals surface area (Å²) in [5.74, 6) is 1.18. The fourth-order valence-corrected chi connectivity index (χ4v) is 3.00. The Balaban J connectivity index is 1.97. The fourth-order valence-electron chi connectivity index (χ4n) is 3.00. The van der Waals surface area contributed by atoms with Crippen LogP contribution in [0.3, 0.4) is 0 Å². The number of rotatable bonds is 2. The number of fused-ring (bicyclic) bond motifs is 1. The highest BCUT2D eigenvalue weighted by Crippen LogP contribution is 2.28. The van der Waals surface area contributed by atoms with E-state index in [1.54, 1.807) is 0 Å². The maximum absolute atomic E-state index is 5.89. The first kappa shape index (κ1) is 12.2. The van der Waals surface area contributed by atoms with Crippen LogP contribution in [-0.2, 0) is 26.6 Å². The van der Waals surface area contributed by atoms with Crippen LogP contribution in [0.2, 0.25) is 0 Å². The van der Waals surface area contributed by atoms with Gasteiger partial charge in [0.05, 0.1) is 5.69 Å². The van der Waals surface area contributed by atoms with Crippen molar-refractivity contribution >= 4 is 5.82 Å². The lowest BCUT2D eigenvalue weighted by molar-refractivity contribution is 0.666. The molecule has 0 amide bonds. The van der Waals surface area contributed by atoms with E-state index in [2.05, 4.69) is 34.3 Å². The third-order valence-corrected chi connectivity index (χ3v) is 3.95. The van der Waals surface area contributed by atoms with Gasteiger partial charge in [-0.1, -0.05) is 24.3 Å². The van der Waals surface area contributed by atoms with E-state index in [1.165, 1.54) is 22.5 Å². The zero-order valence-corrected chi connectivity index (χ0v) is 11.6. The number of aromatic nitrogens is 2. The molecule has 0 bridgehead atoms. The third kappa shape index (κ3) is 2.02. The highest BCUT2D eigenvalue weighted by molar-refractivity contribution is 5.52. The van der Waals surface area contributed by atoms with Gasteiger partial charge in [-0.05, 0) is 24.5 Å². The van der Waals surface area contributed by atoms with E-state index in [-0.39, 0.29) is 0 Å². The Morgan fingerprint density at radius 2 is 2.00 bits per heavy atom. The summed E-state index contributed by atoms with van der Waals surface area (Å²) in [6.07, 6.45) is 1.09. The van der Waals surface area contributed by atoms with Crippen molar-refractivity contribution in [3.8, 4) is 0 Å². The average molecular weight is 256 g/mol. The fraction of sp³-hybridized carbons (Fsp3) is 0.400. The molecule has 1 aliphatic rings. The number of nitrogens with two attached hydrogens (primary N) is 1. The van der Waals surface area contributed by atoms with E-state index < -0.39 is 0 Å². The molecule has 4 nitrogen and oxygen atoms in total. The van der Waals surface area contributed by atoms with Crippen LogP contribution >= 0.6 is 0 Å². The monoisotopic (exact) mass is 256 g/mol. The second kappa shape index (κ2) is 4.70. The van der Waals surface area contributed by atoms with E-state index in [4.69, 9.17) is 5.73 Å². The Morgan fingerprint density at radius 1 is 1.26 bits per heavy atom. The first-order chi connectivity index (χ1) is 9.20. The minimum Gasteiger partial charge on any atom is -0.352 e. The predicted molar refractivity (Wildman–Crippen MR) is 77.0 cm³/mol. The number of anilines is 1. The van der Waals surface area contributed by atoms with Crippen molar-refractivity contribution in [3.63, 3.8) is 0 Å². The van der Waals surface area contributed by atoms with Crippen molar-refractivity contribution in [2.45, 2.75) is 26.4 Å². The second-order valence-electron chi connectivity index (χ2n) is 5.16. The largest absolute Gasteiger partial charge is 0.352 e. The van der Waals surface area contributed by atoms with Crippen LogP contribution in [0.5, 0.6) is 0 Å². The molecule has 0 spiro atoms. The molecule has 2 N–H and O–H groups in total. The van der Waals surface area contributed by atoms with Gasteiger partial charge >= 0.3 is 0 Å². The van der Waals surface area contributed by atoms with Gasteiger partial charge < -0.3 is 10.6 Å². The molecule has 3 rings (SSSR count). The van der Waals surface area contributed by atoms with Crippen LogP contribution in [0.15, 0.2) is 24.3 Å². The first-order valence-electron chi connectivity index (χ1n) is 6.75. The molecule has 0 fully saturated rings. The zero-order valence-electron chi connectivity index (χ0n) is 11.6. The van der Waals surface area contributed by atoms with E-state index >= 15 is 0 Å². The van der Waals surface area contributed by atoms with Crippen LogP contribution < -0.4 is 10.6 Å². The summed E-state index contributed by atoms with van der Waals surface area (Å²) in [4.78, 5) is 2.39. The molecule has 1 aromatic carbocycles. The summed E-state index contributed by atoms with van der Waals surface area (Å²) < 4.78 is 1.96. The highest BCUT2D eigenvalue weighted by atomic mass is 15.4. The third-order valence-electron chi connectivity index (χ3n) is 3.95. The Labute approximate surface area is 113 Å². The van der Waals surface area contributed by atoms with E-state index in [1.807, 2.05) is 18.7 Å². The first-order valence-corrected chi connectivity index (χ1v) is 6.75. The van der Waals surface area contributed by atoms with Crippen molar-refractivity contribution in [2.75, 3.05) is 11.4 Å². The normalized spacial score (nSPS) is 14.6. The number of hydrogen-bond acceptors (Lipinski definition) is 3. The molecule has 1 aromatic heterocycles.